The topological polar surface area (TPSA) is 125 Å². The Balaban J connectivity index is 1.61. The Labute approximate surface area is 175 Å². The zero-order valence-electron chi connectivity index (χ0n) is 16.2. The van der Waals surface area contributed by atoms with Crippen molar-refractivity contribution in [3.8, 4) is 17.2 Å². The van der Waals surface area contributed by atoms with Crippen molar-refractivity contribution in [2.24, 2.45) is 0 Å². The summed E-state index contributed by atoms with van der Waals surface area (Å²) >= 11 is 0. The van der Waals surface area contributed by atoms with Crippen molar-refractivity contribution in [2.45, 2.75) is 6.92 Å². The fourth-order valence-electron chi connectivity index (χ4n) is 2.96. The van der Waals surface area contributed by atoms with Crippen LogP contribution in [0, 0.1) is 10.1 Å². The summed E-state index contributed by atoms with van der Waals surface area (Å²) in [7, 11) is 0. The number of hydrogen-bond donors (Lipinski definition) is 1. The summed E-state index contributed by atoms with van der Waals surface area (Å²) in [4.78, 5) is 38.5. The Hall–Kier alpha value is -4.53. The van der Waals surface area contributed by atoms with Crippen LogP contribution in [0.3, 0.4) is 0 Å². The SMILES string of the molecule is CC(=O)Oc1ccc(C(=O)Nc2ccccc2-c2nc3cc([N+](=O)[O-])ccc3o2)cc1. The van der Waals surface area contributed by atoms with E-state index in [2.05, 4.69) is 10.3 Å². The van der Waals surface area contributed by atoms with E-state index in [0.29, 0.717) is 33.7 Å². The maximum absolute atomic E-state index is 12.7. The monoisotopic (exact) mass is 417 g/mol. The van der Waals surface area contributed by atoms with Gasteiger partial charge >= 0.3 is 5.97 Å². The molecule has 3 aromatic carbocycles. The highest BCUT2D eigenvalue weighted by atomic mass is 16.6. The van der Waals surface area contributed by atoms with E-state index in [1.165, 1.54) is 49.4 Å². The van der Waals surface area contributed by atoms with Crippen LogP contribution >= 0.6 is 0 Å². The molecular formula is C22H15N3O6. The molecule has 0 saturated carbocycles. The molecule has 0 spiro atoms. The number of non-ortho nitro benzene ring substituents is 1. The summed E-state index contributed by atoms with van der Waals surface area (Å²) in [6.07, 6.45) is 0. The minimum Gasteiger partial charge on any atom is -0.436 e. The number of anilines is 1. The number of aromatic nitrogens is 1. The van der Waals surface area contributed by atoms with Gasteiger partial charge in [0.1, 0.15) is 11.3 Å². The molecule has 0 fully saturated rings. The number of oxazole rings is 1. The number of ether oxygens (including phenoxy) is 1. The first kappa shape index (κ1) is 19.8. The Bertz CT molecular complexity index is 1310. The molecule has 9 nitrogen and oxygen atoms in total. The van der Waals surface area contributed by atoms with E-state index < -0.39 is 10.9 Å². The normalized spacial score (nSPS) is 10.6. The van der Waals surface area contributed by atoms with Crippen molar-refractivity contribution in [1.29, 1.82) is 0 Å². The van der Waals surface area contributed by atoms with Crippen molar-refractivity contribution < 1.29 is 23.7 Å². The lowest BCUT2D eigenvalue weighted by Gasteiger charge is -2.09. The number of carbonyl (C=O) groups excluding carboxylic acids is 2. The van der Waals surface area contributed by atoms with Gasteiger partial charge < -0.3 is 14.5 Å². The summed E-state index contributed by atoms with van der Waals surface area (Å²) < 4.78 is 10.7. The predicted octanol–water partition coefficient (Wildman–Crippen LogP) is 4.58. The molecule has 0 bridgehead atoms. The lowest BCUT2D eigenvalue weighted by Crippen LogP contribution is -2.12. The van der Waals surface area contributed by atoms with Gasteiger partial charge in [-0.15, -0.1) is 0 Å². The minimum absolute atomic E-state index is 0.0915. The van der Waals surface area contributed by atoms with Crippen LogP contribution in [-0.2, 0) is 4.79 Å². The van der Waals surface area contributed by atoms with Gasteiger partial charge in [0.2, 0.25) is 5.89 Å². The maximum atomic E-state index is 12.7. The van der Waals surface area contributed by atoms with Crippen LogP contribution in [0.5, 0.6) is 5.75 Å². The quantitative estimate of drug-likeness (QED) is 0.218. The molecule has 0 aliphatic rings. The Morgan fingerprint density at radius 3 is 2.52 bits per heavy atom. The highest BCUT2D eigenvalue weighted by Crippen LogP contribution is 2.31. The molecule has 4 aromatic rings. The van der Waals surface area contributed by atoms with Crippen LogP contribution < -0.4 is 10.1 Å². The molecule has 31 heavy (non-hydrogen) atoms. The van der Waals surface area contributed by atoms with Crippen LogP contribution in [-0.4, -0.2) is 21.8 Å². The second-order valence-corrected chi connectivity index (χ2v) is 6.55. The van der Waals surface area contributed by atoms with Gasteiger partial charge in [-0.1, -0.05) is 12.1 Å². The van der Waals surface area contributed by atoms with Gasteiger partial charge in [0.25, 0.3) is 11.6 Å². The van der Waals surface area contributed by atoms with Gasteiger partial charge in [-0.25, -0.2) is 4.98 Å². The van der Waals surface area contributed by atoms with Gasteiger partial charge in [-0.05, 0) is 42.5 Å². The average molecular weight is 417 g/mol. The molecule has 0 unspecified atom stereocenters. The van der Waals surface area contributed by atoms with Gasteiger partial charge in [-0.3, -0.25) is 19.7 Å². The lowest BCUT2D eigenvalue weighted by atomic mass is 10.1. The number of esters is 1. The van der Waals surface area contributed by atoms with Crippen molar-refractivity contribution >= 4 is 34.4 Å². The molecule has 1 N–H and O–H groups in total. The standard InChI is InChI=1S/C22H15N3O6/c1-13(26)30-16-9-6-14(7-10-16)21(27)23-18-5-3-2-4-17(18)22-24-19-12-15(25(28)29)8-11-20(19)31-22/h2-12H,1H3,(H,23,27). The van der Waals surface area contributed by atoms with Crippen molar-refractivity contribution in [2.75, 3.05) is 5.32 Å². The number of fused-ring (bicyclic) bond motifs is 1. The van der Waals surface area contributed by atoms with Crippen molar-refractivity contribution in [3.05, 3.63) is 82.4 Å². The first-order chi connectivity index (χ1) is 14.9. The first-order valence-electron chi connectivity index (χ1n) is 9.15. The van der Waals surface area contributed by atoms with E-state index in [1.807, 2.05) is 0 Å². The van der Waals surface area contributed by atoms with Gasteiger partial charge in [0.15, 0.2) is 5.58 Å². The Morgan fingerprint density at radius 2 is 1.81 bits per heavy atom. The molecule has 0 radical (unpaired) electrons. The van der Waals surface area contributed by atoms with E-state index in [4.69, 9.17) is 9.15 Å². The number of hydrogen-bond acceptors (Lipinski definition) is 7. The number of para-hydroxylation sites is 1. The molecule has 0 aliphatic carbocycles. The molecule has 9 heteroatoms. The fourth-order valence-corrected chi connectivity index (χ4v) is 2.96. The molecule has 1 aromatic heterocycles. The molecular weight excluding hydrogens is 402 g/mol. The second-order valence-electron chi connectivity index (χ2n) is 6.55. The average Bonchev–Trinajstić information content (AvgIpc) is 3.17. The first-order valence-corrected chi connectivity index (χ1v) is 9.15. The molecule has 1 amide bonds. The van der Waals surface area contributed by atoms with E-state index in [0.717, 1.165) is 0 Å². The number of nitrogens with zero attached hydrogens (tertiary/aromatic N) is 2. The van der Waals surface area contributed by atoms with Gasteiger partial charge in [0, 0.05) is 24.6 Å². The fraction of sp³-hybridized carbons (Fsp3) is 0.0455. The summed E-state index contributed by atoms with van der Waals surface area (Å²) in [5.41, 5.74) is 1.98. The largest absolute Gasteiger partial charge is 0.436 e. The minimum atomic E-state index is -0.505. The smallest absolute Gasteiger partial charge is 0.308 e. The number of carbonyl (C=O) groups is 2. The molecule has 0 atom stereocenters. The highest BCUT2D eigenvalue weighted by Gasteiger charge is 2.17. The molecule has 0 saturated heterocycles. The number of nitro groups is 1. The van der Waals surface area contributed by atoms with E-state index >= 15 is 0 Å². The molecule has 4 rings (SSSR count). The number of benzene rings is 3. The van der Waals surface area contributed by atoms with Crippen LogP contribution in [0.25, 0.3) is 22.6 Å². The van der Waals surface area contributed by atoms with Crippen molar-refractivity contribution in [3.63, 3.8) is 0 Å². The van der Waals surface area contributed by atoms with Gasteiger partial charge in [-0.2, -0.15) is 0 Å². The number of amides is 1. The second kappa shape index (κ2) is 8.07. The molecule has 154 valence electrons. The Morgan fingerprint density at radius 1 is 1.06 bits per heavy atom. The predicted molar refractivity (Wildman–Crippen MR) is 112 cm³/mol. The third-order valence-corrected chi connectivity index (χ3v) is 4.37. The lowest BCUT2D eigenvalue weighted by molar-refractivity contribution is -0.384. The number of nitrogens with one attached hydrogen (secondary N) is 1. The van der Waals surface area contributed by atoms with Gasteiger partial charge in [0.05, 0.1) is 16.2 Å². The summed E-state index contributed by atoms with van der Waals surface area (Å²) in [5.74, 6) is -0.273. The van der Waals surface area contributed by atoms with Crippen LogP contribution in [0.4, 0.5) is 11.4 Å². The number of rotatable bonds is 5. The third kappa shape index (κ3) is 4.25. The zero-order chi connectivity index (χ0) is 22.0. The Kier molecular flexibility index (Phi) is 5.15. The summed E-state index contributed by atoms with van der Waals surface area (Å²) in [6, 6.07) is 17.2. The van der Waals surface area contributed by atoms with E-state index in [1.54, 1.807) is 24.3 Å². The third-order valence-electron chi connectivity index (χ3n) is 4.37. The van der Waals surface area contributed by atoms with Crippen molar-refractivity contribution in [1.82, 2.24) is 4.98 Å². The van der Waals surface area contributed by atoms with E-state index in [9.17, 15) is 19.7 Å². The summed E-state index contributed by atoms with van der Waals surface area (Å²) in [5, 5.41) is 13.8. The summed E-state index contributed by atoms with van der Waals surface area (Å²) in [6.45, 7) is 1.29. The zero-order valence-corrected chi connectivity index (χ0v) is 16.2. The highest BCUT2D eigenvalue weighted by molar-refractivity contribution is 6.06. The number of nitro benzene ring substituents is 1. The van der Waals surface area contributed by atoms with Crippen LogP contribution in [0.15, 0.2) is 71.1 Å². The maximum Gasteiger partial charge on any atom is 0.308 e. The van der Waals surface area contributed by atoms with Crippen LogP contribution in [0.2, 0.25) is 0 Å². The molecule has 0 aliphatic heterocycles. The van der Waals surface area contributed by atoms with E-state index in [-0.39, 0.29) is 17.5 Å². The molecule has 1 heterocycles. The van der Waals surface area contributed by atoms with Crippen LogP contribution in [0.1, 0.15) is 17.3 Å².